The van der Waals surface area contributed by atoms with E-state index >= 15 is 0 Å². The van der Waals surface area contributed by atoms with Gasteiger partial charge in [0.05, 0.1) is 17.4 Å². The van der Waals surface area contributed by atoms with Gasteiger partial charge in [0.15, 0.2) is 0 Å². The molecule has 1 saturated heterocycles. The van der Waals surface area contributed by atoms with Crippen molar-refractivity contribution in [3.63, 3.8) is 0 Å². The van der Waals surface area contributed by atoms with Crippen molar-refractivity contribution in [2.75, 3.05) is 13.2 Å². The van der Waals surface area contributed by atoms with Crippen LogP contribution in [0.15, 0.2) is 31.0 Å². The van der Waals surface area contributed by atoms with E-state index in [1.54, 1.807) is 18.3 Å². The number of hydrogen-bond acceptors (Lipinski definition) is 3. The van der Waals surface area contributed by atoms with Gasteiger partial charge in [-0.2, -0.15) is 0 Å². The quantitative estimate of drug-likeness (QED) is 0.798. The van der Waals surface area contributed by atoms with Crippen molar-refractivity contribution < 1.29 is 9.53 Å². The molecule has 0 aromatic carbocycles. The predicted octanol–water partition coefficient (Wildman–Crippen LogP) is 1.39. The molecule has 2 heterocycles. The predicted molar refractivity (Wildman–Crippen MR) is 65.3 cm³/mol. The molecule has 1 unspecified atom stereocenters. The molecule has 2 rings (SSSR count). The van der Waals surface area contributed by atoms with Crippen LogP contribution in [0.25, 0.3) is 5.57 Å². The van der Waals surface area contributed by atoms with Crippen LogP contribution in [0.4, 0.5) is 0 Å². The molecule has 1 aliphatic rings. The molecule has 1 aliphatic heterocycles. The van der Waals surface area contributed by atoms with Crippen LogP contribution in [0.2, 0.25) is 0 Å². The van der Waals surface area contributed by atoms with Crippen LogP contribution in [0.3, 0.4) is 0 Å². The Morgan fingerprint density at radius 3 is 3.12 bits per heavy atom. The molecule has 1 aromatic rings. The van der Waals surface area contributed by atoms with Gasteiger partial charge in [0, 0.05) is 19.3 Å². The number of aromatic nitrogens is 1. The van der Waals surface area contributed by atoms with Crippen LogP contribution in [-0.2, 0) is 9.53 Å². The van der Waals surface area contributed by atoms with E-state index in [0.717, 1.165) is 19.4 Å². The Balaban J connectivity index is 1.85. The lowest BCUT2D eigenvalue weighted by Crippen LogP contribution is -2.32. The molecule has 1 amide bonds. The Labute approximate surface area is 101 Å². The van der Waals surface area contributed by atoms with Gasteiger partial charge in [0.1, 0.15) is 0 Å². The second-order valence-corrected chi connectivity index (χ2v) is 4.04. The molecule has 1 fully saturated rings. The lowest BCUT2D eigenvalue weighted by molar-refractivity contribution is -0.116. The molecule has 1 atom stereocenters. The number of nitrogens with zero attached hydrogens (tertiary/aromatic N) is 1. The summed E-state index contributed by atoms with van der Waals surface area (Å²) in [5.41, 5.74) is 1.00. The maximum Gasteiger partial charge on any atom is 0.252 e. The third-order valence-corrected chi connectivity index (χ3v) is 2.76. The van der Waals surface area contributed by atoms with E-state index in [0.29, 0.717) is 17.8 Å². The fourth-order valence-electron chi connectivity index (χ4n) is 1.78. The minimum absolute atomic E-state index is 0.149. The van der Waals surface area contributed by atoms with Crippen LogP contribution in [0.1, 0.15) is 18.5 Å². The lowest BCUT2D eigenvalue weighted by Gasteiger charge is -2.11. The Hall–Kier alpha value is -1.68. The van der Waals surface area contributed by atoms with Gasteiger partial charge in [-0.1, -0.05) is 12.6 Å². The second-order valence-electron chi connectivity index (χ2n) is 4.04. The summed E-state index contributed by atoms with van der Waals surface area (Å²) in [5.74, 6) is -0.181. The Morgan fingerprint density at radius 1 is 1.59 bits per heavy atom. The second kappa shape index (κ2) is 5.59. The maximum atomic E-state index is 11.8. The molecule has 90 valence electrons. The first-order chi connectivity index (χ1) is 8.27. The smallest absolute Gasteiger partial charge is 0.252 e. The standard InChI is InChI=1S/C13H16N2O2/c1-10(12-6-2-3-7-14-12)13(16)15-9-11-5-4-8-17-11/h2-3,6-7,11H,1,4-5,8-9H2,(H,15,16). The van der Waals surface area contributed by atoms with Crippen molar-refractivity contribution in [3.05, 3.63) is 36.7 Å². The highest BCUT2D eigenvalue weighted by Crippen LogP contribution is 2.12. The van der Waals surface area contributed by atoms with E-state index in [4.69, 9.17) is 4.74 Å². The molecular formula is C13H16N2O2. The van der Waals surface area contributed by atoms with Crippen LogP contribution < -0.4 is 5.32 Å². The summed E-state index contributed by atoms with van der Waals surface area (Å²) in [6.45, 7) is 5.09. The number of ether oxygens (including phenoxy) is 1. The highest BCUT2D eigenvalue weighted by molar-refractivity contribution is 6.18. The summed E-state index contributed by atoms with van der Waals surface area (Å²) >= 11 is 0. The fourth-order valence-corrected chi connectivity index (χ4v) is 1.78. The molecule has 1 N–H and O–H groups in total. The zero-order chi connectivity index (χ0) is 12.1. The van der Waals surface area contributed by atoms with Crippen LogP contribution in [-0.4, -0.2) is 30.1 Å². The summed E-state index contributed by atoms with van der Waals surface area (Å²) in [7, 11) is 0. The molecular weight excluding hydrogens is 216 g/mol. The van der Waals surface area contributed by atoms with Gasteiger partial charge in [0.25, 0.3) is 5.91 Å². The average Bonchev–Trinajstić information content (AvgIpc) is 2.89. The van der Waals surface area contributed by atoms with E-state index in [9.17, 15) is 4.79 Å². The maximum absolute atomic E-state index is 11.8. The minimum Gasteiger partial charge on any atom is -0.376 e. The number of nitrogens with one attached hydrogen (secondary N) is 1. The van der Waals surface area contributed by atoms with Crippen LogP contribution in [0.5, 0.6) is 0 Å². The minimum atomic E-state index is -0.181. The van der Waals surface area contributed by atoms with Gasteiger partial charge in [-0.3, -0.25) is 9.78 Å². The first kappa shape index (κ1) is 11.8. The van der Waals surface area contributed by atoms with E-state index in [1.807, 2.05) is 6.07 Å². The SMILES string of the molecule is C=C(C(=O)NCC1CCCO1)c1ccccn1. The summed E-state index contributed by atoms with van der Waals surface area (Å²) in [6, 6.07) is 5.41. The molecule has 1 aromatic heterocycles. The average molecular weight is 232 g/mol. The Morgan fingerprint density at radius 2 is 2.47 bits per heavy atom. The molecule has 0 spiro atoms. The van der Waals surface area contributed by atoms with Crippen molar-refractivity contribution in [2.24, 2.45) is 0 Å². The van der Waals surface area contributed by atoms with Gasteiger partial charge in [-0.05, 0) is 25.0 Å². The van der Waals surface area contributed by atoms with Crippen molar-refractivity contribution in [1.82, 2.24) is 10.3 Å². The normalized spacial score (nSPS) is 18.9. The third kappa shape index (κ3) is 3.14. The van der Waals surface area contributed by atoms with Crippen molar-refractivity contribution in [3.8, 4) is 0 Å². The zero-order valence-electron chi connectivity index (χ0n) is 9.69. The fraction of sp³-hybridized carbons (Fsp3) is 0.385. The number of hydrogen-bond donors (Lipinski definition) is 1. The molecule has 4 heteroatoms. The van der Waals surface area contributed by atoms with Gasteiger partial charge < -0.3 is 10.1 Å². The van der Waals surface area contributed by atoms with Gasteiger partial charge in [-0.15, -0.1) is 0 Å². The number of carbonyl (C=O) groups is 1. The lowest BCUT2D eigenvalue weighted by atomic mass is 10.1. The monoisotopic (exact) mass is 232 g/mol. The zero-order valence-corrected chi connectivity index (χ0v) is 9.69. The molecule has 0 aliphatic carbocycles. The Kier molecular flexibility index (Phi) is 3.88. The number of carbonyl (C=O) groups excluding carboxylic acids is 1. The molecule has 4 nitrogen and oxygen atoms in total. The summed E-state index contributed by atoms with van der Waals surface area (Å²) in [5, 5.41) is 2.82. The van der Waals surface area contributed by atoms with E-state index in [2.05, 4.69) is 16.9 Å². The summed E-state index contributed by atoms with van der Waals surface area (Å²) < 4.78 is 5.43. The largest absolute Gasteiger partial charge is 0.376 e. The number of amides is 1. The first-order valence-corrected chi connectivity index (χ1v) is 5.77. The van der Waals surface area contributed by atoms with E-state index < -0.39 is 0 Å². The van der Waals surface area contributed by atoms with E-state index in [-0.39, 0.29) is 12.0 Å². The van der Waals surface area contributed by atoms with Gasteiger partial charge >= 0.3 is 0 Å². The molecule has 0 saturated carbocycles. The third-order valence-electron chi connectivity index (χ3n) is 2.76. The van der Waals surface area contributed by atoms with Gasteiger partial charge in [0.2, 0.25) is 0 Å². The molecule has 0 radical (unpaired) electrons. The number of rotatable bonds is 4. The summed E-state index contributed by atoms with van der Waals surface area (Å²) in [4.78, 5) is 15.9. The molecule has 0 bridgehead atoms. The Bertz CT molecular complexity index is 397. The molecule has 17 heavy (non-hydrogen) atoms. The van der Waals surface area contributed by atoms with E-state index in [1.165, 1.54) is 0 Å². The van der Waals surface area contributed by atoms with Crippen LogP contribution in [0, 0.1) is 0 Å². The number of pyridine rings is 1. The summed E-state index contributed by atoms with van der Waals surface area (Å²) in [6.07, 6.45) is 3.88. The first-order valence-electron chi connectivity index (χ1n) is 5.77. The topological polar surface area (TPSA) is 51.2 Å². The highest BCUT2D eigenvalue weighted by atomic mass is 16.5. The van der Waals surface area contributed by atoms with Crippen molar-refractivity contribution >= 4 is 11.5 Å². The van der Waals surface area contributed by atoms with Crippen molar-refractivity contribution in [2.45, 2.75) is 18.9 Å². The van der Waals surface area contributed by atoms with Crippen LogP contribution >= 0.6 is 0 Å². The highest BCUT2D eigenvalue weighted by Gasteiger charge is 2.17. The van der Waals surface area contributed by atoms with Crippen molar-refractivity contribution in [1.29, 1.82) is 0 Å². The van der Waals surface area contributed by atoms with Gasteiger partial charge in [-0.25, -0.2) is 0 Å².